The molecule has 1 nitrogen and oxygen atoms in total. The summed E-state index contributed by atoms with van der Waals surface area (Å²) in [4.78, 5) is 0. The van der Waals surface area contributed by atoms with Gasteiger partial charge in [0.25, 0.3) is 0 Å². The Morgan fingerprint density at radius 1 is 1.20 bits per heavy atom. The predicted octanol–water partition coefficient (Wildman–Crippen LogP) is -2.67. The Morgan fingerprint density at radius 3 is 2.40 bits per heavy atom. The van der Waals surface area contributed by atoms with Crippen molar-refractivity contribution in [3.63, 3.8) is 0 Å². The largest absolute Gasteiger partial charge is 1.48 e. The third-order valence-corrected chi connectivity index (χ3v) is 3.09. The van der Waals surface area contributed by atoms with Gasteiger partial charge >= 0.3 is 59.1 Å². The van der Waals surface area contributed by atoms with Crippen molar-refractivity contribution < 1.29 is 63.9 Å². The zero-order valence-electron chi connectivity index (χ0n) is 9.52. The van der Waals surface area contributed by atoms with Crippen molar-refractivity contribution >= 4 is 9.24 Å². The van der Waals surface area contributed by atoms with Gasteiger partial charge in [0, 0.05) is 12.7 Å². The summed E-state index contributed by atoms with van der Waals surface area (Å²) < 4.78 is 5.59. The van der Waals surface area contributed by atoms with Crippen LogP contribution in [-0.2, 0) is 4.74 Å². The van der Waals surface area contributed by atoms with Gasteiger partial charge in [-0.1, -0.05) is 35.9 Å². The first-order valence-electron chi connectivity index (χ1n) is 4.72. The molecule has 1 aromatic rings. The Balaban J connectivity index is 0.000000980. The summed E-state index contributed by atoms with van der Waals surface area (Å²) in [5.41, 5.74) is 1.50. The number of benzene rings is 1. The molecule has 1 aliphatic rings. The minimum absolute atomic E-state index is 0. The maximum Gasteiger partial charge on any atom is 1.00 e. The van der Waals surface area contributed by atoms with Crippen molar-refractivity contribution in [2.45, 2.75) is 24.6 Å². The third kappa shape index (κ3) is 4.77. The summed E-state index contributed by atoms with van der Waals surface area (Å²) in [6.07, 6.45) is 2.63. The standard InChI is InChI=1S/C11H13OP.2Na/c13-11(10-7-4-8-12-10)9-5-2-1-3-6-9;;/h1-3,5-6,10-11H,4,7-8H2;;/q-2;2*+1. The molecule has 4 heteroatoms. The summed E-state index contributed by atoms with van der Waals surface area (Å²) in [5, 5.41) is 0. The van der Waals surface area contributed by atoms with Crippen molar-refractivity contribution in [1.29, 1.82) is 0 Å². The molecule has 0 N–H and O–H groups in total. The first-order valence-corrected chi connectivity index (χ1v) is 5.24. The second-order valence-electron chi connectivity index (χ2n) is 3.41. The van der Waals surface area contributed by atoms with Crippen molar-refractivity contribution in [2.24, 2.45) is 0 Å². The van der Waals surface area contributed by atoms with Crippen LogP contribution >= 0.6 is 9.24 Å². The SMILES string of the molecule is [Na+].[Na+].[P-2]C(c1ccccc1)C1CCCO1. The van der Waals surface area contributed by atoms with Crippen LogP contribution in [0.1, 0.15) is 24.1 Å². The third-order valence-electron chi connectivity index (χ3n) is 2.46. The first kappa shape index (κ1) is 16.6. The summed E-state index contributed by atoms with van der Waals surface area (Å²) in [5.74, 6) is 0. The van der Waals surface area contributed by atoms with E-state index in [4.69, 9.17) is 4.74 Å². The molecule has 0 spiro atoms. The molecular formula is C11H13Na2OP. The van der Waals surface area contributed by atoms with Gasteiger partial charge in [0.05, 0.1) is 0 Å². The molecule has 15 heavy (non-hydrogen) atoms. The molecule has 0 aliphatic carbocycles. The quantitative estimate of drug-likeness (QED) is 0.403. The van der Waals surface area contributed by atoms with Gasteiger partial charge in [-0.2, -0.15) is 0 Å². The average Bonchev–Trinajstić information content (AvgIpc) is 2.71. The number of hydrogen-bond donors (Lipinski definition) is 0. The second-order valence-corrected chi connectivity index (χ2v) is 3.96. The molecule has 70 valence electrons. The fourth-order valence-corrected chi connectivity index (χ4v) is 2.12. The second kappa shape index (κ2) is 8.66. The van der Waals surface area contributed by atoms with Crippen molar-refractivity contribution in [3.05, 3.63) is 35.9 Å². The molecule has 0 aromatic heterocycles. The van der Waals surface area contributed by atoms with Gasteiger partial charge in [0.2, 0.25) is 0 Å². The van der Waals surface area contributed by atoms with Crippen LogP contribution in [-0.4, -0.2) is 12.7 Å². The van der Waals surface area contributed by atoms with Gasteiger partial charge in [0.1, 0.15) is 0 Å². The van der Waals surface area contributed by atoms with Gasteiger partial charge in [-0.15, -0.1) is 0 Å². The Bertz CT molecular complexity index is 263. The van der Waals surface area contributed by atoms with Crippen LogP contribution in [0.3, 0.4) is 0 Å². The van der Waals surface area contributed by atoms with Gasteiger partial charge in [-0.05, 0) is 12.8 Å². The molecule has 1 saturated heterocycles. The molecule has 2 atom stereocenters. The van der Waals surface area contributed by atoms with E-state index in [0.717, 1.165) is 13.0 Å². The van der Waals surface area contributed by atoms with E-state index in [-0.39, 0.29) is 64.8 Å². The molecule has 1 fully saturated rings. The Labute approximate surface area is 139 Å². The maximum absolute atomic E-state index is 5.59. The fraction of sp³-hybridized carbons (Fsp3) is 0.455. The molecule has 1 aromatic carbocycles. The van der Waals surface area contributed by atoms with Crippen LogP contribution in [0.4, 0.5) is 0 Å². The number of hydrogen-bond acceptors (Lipinski definition) is 1. The summed E-state index contributed by atoms with van der Waals surface area (Å²) in [7, 11) is 4.59. The van der Waals surface area contributed by atoms with Gasteiger partial charge in [0.15, 0.2) is 0 Å². The molecular weight excluding hydrogens is 225 g/mol. The minimum Gasteiger partial charge on any atom is -1.48 e. The topological polar surface area (TPSA) is 9.23 Å². The number of rotatable bonds is 2. The Kier molecular flexibility index (Phi) is 9.59. The van der Waals surface area contributed by atoms with Crippen LogP contribution in [0.5, 0.6) is 0 Å². The first-order chi connectivity index (χ1) is 6.38. The molecule has 2 rings (SSSR count). The van der Waals surface area contributed by atoms with Crippen LogP contribution in [0.25, 0.3) is 0 Å². The van der Waals surface area contributed by atoms with Crippen molar-refractivity contribution in [3.8, 4) is 0 Å². The van der Waals surface area contributed by atoms with E-state index < -0.39 is 0 Å². The molecule has 0 bridgehead atoms. The van der Waals surface area contributed by atoms with E-state index in [1.165, 1.54) is 12.0 Å². The van der Waals surface area contributed by atoms with E-state index in [0.29, 0.717) is 6.10 Å². The average molecular weight is 238 g/mol. The molecule has 1 heterocycles. The normalized spacial score (nSPS) is 21.3. The van der Waals surface area contributed by atoms with Crippen LogP contribution in [0, 0.1) is 0 Å². The molecule has 0 radical (unpaired) electrons. The van der Waals surface area contributed by atoms with Crippen molar-refractivity contribution in [2.75, 3.05) is 6.61 Å². The maximum atomic E-state index is 5.59. The van der Waals surface area contributed by atoms with E-state index in [1.54, 1.807) is 0 Å². The Morgan fingerprint density at radius 2 is 1.87 bits per heavy atom. The molecule has 0 saturated carbocycles. The number of ether oxygens (including phenoxy) is 1. The monoisotopic (exact) mass is 238 g/mol. The Hall–Kier alpha value is 1.61. The molecule has 2 unspecified atom stereocenters. The van der Waals surface area contributed by atoms with Crippen LogP contribution in [0.2, 0.25) is 0 Å². The molecule has 1 aliphatic heterocycles. The predicted molar refractivity (Wildman–Crippen MR) is 55.1 cm³/mol. The van der Waals surface area contributed by atoms with E-state index in [9.17, 15) is 0 Å². The van der Waals surface area contributed by atoms with Gasteiger partial charge in [-0.25, -0.2) is 0 Å². The van der Waals surface area contributed by atoms with E-state index >= 15 is 0 Å². The van der Waals surface area contributed by atoms with E-state index in [1.807, 2.05) is 18.2 Å². The summed E-state index contributed by atoms with van der Waals surface area (Å²) >= 11 is 0. The molecule has 0 amide bonds. The van der Waals surface area contributed by atoms with Crippen molar-refractivity contribution in [1.82, 2.24) is 0 Å². The smallest absolute Gasteiger partial charge is 1.00 e. The van der Waals surface area contributed by atoms with Crippen LogP contribution < -0.4 is 59.1 Å². The minimum atomic E-state index is 0. The zero-order valence-corrected chi connectivity index (χ0v) is 14.4. The van der Waals surface area contributed by atoms with Gasteiger partial charge in [-0.3, -0.25) is 5.66 Å². The summed E-state index contributed by atoms with van der Waals surface area (Å²) in [6, 6.07) is 10.3. The zero-order chi connectivity index (χ0) is 9.10. The van der Waals surface area contributed by atoms with Crippen LogP contribution in [0.15, 0.2) is 30.3 Å². The summed E-state index contributed by atoms with van der Waals surface area (Å²) in [6.45, 7) is 0.897. The van der Waals surface area contributed by atoms with Gasteiger partial charge < -0.3 is 14.0 Å². The van der Waals surface area contributed by atoms with E-state index in [2.05, 4.69) is 21.4 Å². The fourth-order valence-electron chi connectivity index (χ4n) is 1.72.